The number of anilines is 1. The van der Waals surface area contributed by atoms with Gasteiger partial charge in [-0.1, -0.05) is 28.9 Å². The summed E-state index contributed by atoms with van der Waals surface area (Å²) in [7, 11) is 1.71. The van der Waals surface area contributed by atoms with Gasteiger partial charge >= 0.3 is 6.03 Å². The van der Waals surface area contributed by atoms with Crippen LogP contribution in [-0.4, -0.2) is 29.3 Å². The largest absolute Gasteiger partial charge is 0.485 e. The van der Waals surface area contributed by atoms with Crippen LogP contribution in [0.5, 0.6) is 5.75 Å². The van der Waals surface area contributed by atoms with E-state index in [1.165, 1.54) is 0 Å². The molecule has 0 saturated heterocycles. The molecule has 3 rings (SSSR count). The van der Waals surface area contributed by atoms with Gasteiger partial charge in [-0.3, -0.25) is 4.90 Å². The highest BCUT2D eigenvalue weighted by Crippen LogP contribution is 2.26. The highest BCUT2D eigenvalue weighted by molar-refractivity contribution is 6.33. The molecule has 0 aliphatic carbocycles. The molecule has 0 fully saturated rings. The SMILES string of the molecule is CC(C)NC(=O)N(C)c1ccc(OCc2noc(-c3ccccc3Cl)n2)cc1. The van der Waals surface area contributed by atoms with Crippen LogP contribution in [0, 0.1) is 0 Å². The van der Waals surface area contributed by atoms with Crippen molar-refractivity contribution in [2.24, 2.45) is 0 Å². The summed E-state index contributed by atoms with van der Waals surface area (Å²) >= 11 is 6.14. The van der Waals surface area contributed by atoms with Crippen molar-refractivity contribution in [3.05, 3.63) is 59.4 Å². The van der Waals surface area contributed by atoms with E-state index in [1.54, 1.807) is 42.3 Å². The Hall–Kier alpha value is -3.06. The number of halogens is 1. The molecule has 0 spiro atoms. The normalized spacial score (nSPS) is 10.8. The molecule has 1 heterocycles. The molecule has 1 aromatic heterocycles. The van der Waals surface area contributed by atoms with Gasteiger partial charge in [0.05, 0.1) is 10.6 Å². The molecular formula is C20H21ClN4O3. The Morgan fingerprint density at radius 2 is 1.93 bits per heavy atom. The lowest BCUT2D eigenvalue weighted by Gasteiger charge is -2.20. The van der Waals surface area contributed by atoms with Crippen LogP contribution in [-0.2, 0) is 6.61 Å². The van der Waals surface area contributed by atoms with E-state index >= 15 is 0 Å². The molecule has 2 amide bonds. The van der Waals surface area contributed by atoms with Gasteiger partial charge in [-0.05, 0) is 50.2 Å². The zero-order valence-corrected chi connectivity index (χ0v) is 16.6. The average Bonchev–Trinajstić information content (AvgIpc) is 3.15. The predicted octanol–water partition coefficient (Wildman–Crippen LogP) is 4.52. The molecule has 0 unspecified atom stereocenters. The summed E-state index contributed by atoms with van der Waals surface area (Å²) in [5.41, 5.74) is 1.43. The number of ether oxygens (including phenoxy) is 1. The van der Waals surface area contributed by atoms with Gasteiger partial charge in [0.15, 0.2) is 6.61 Å². The number of nitrogens with zero attached hydrogens (tertiary/aromatic N) is 3. The molecule has 0 aliphatic rings. The van der Waals surface area contributed by atoms with Crippen molar-refractivity contribution < 1.29 is 14.1 Å². The predicted molar refractivity (Wildman–Crippen MR) is 108 cm³/mol. The van der Waals surface area contributed by atoms with Crippen molar-refractivity contribution in [2.45, 2.75) is 26.5 Å². The average molecular weight is 401 g/mol. The van der Waals surface area contributed by atoms with Crippen molar-refractivity contribution in [1.82, 2.24) is 15.5 Å². The maximum atomic E-state index is 12.0. The Morgan fingerprint density at radius 1 is 1.21 bits per heavy atom. The second kappa shape index (κ2) is 8.75. The van der Waals surface area contributed by atoms with Crippen LogP contribution in [0.1, 0.15) is 19.7 Å². The fourth-order valence-electron chi connectivity index (χ4n) is 2.43. The summed E-state index contributed by atoms with van der Waals surface area (Å²) in [6, 6.07) is 14.3. The molecule has 3 aromatic rings. The van der Waals surface area contributed by atoms with Crippen molar-refractivity contribution in [2.75, 3.05) is 11.9 Å². The van der Waals surface area contributed by atoms with Gasteiger partial charge in [0, 0.05) is 18.8 Å². The third kappa shape index (κ3) is 4.80. The van der Waals surface area contributed by atoms with E-state index < -0.39 is 0 Å². The van der Waals surface area contributed by atoms with E-state index in [0.717, 1.165) is 5.69 Å². The van der Waals surface area contributed by atoms with Crippen LogP contribution in [0.25, 0.3) is 11.5 Å². The number of urea groups is 1. The highest BCUT2D eigenvalue weighted by atomic mass is 35.5. The molecule has 28 heavy (non-hydrogen) atoms. The Labute approximate surface area is 168 Å². The summed E-state index contributed by atoms with van der Waals surface area (Å²) in [5.74, 6) is 1.38. The topological polar surface area (TPSA) is 80.5 Å². The molecule has 0 radical (unpaired) electrons. The Bertz CT molecular complexity index is 941. The summed E-state index contributed by atoms with van der Waals surface area (Å²) in [6.45, 7) is 3.98. The van der Waals surface area contributed by atoms with Crippen LogP contribution in [0.15, 0.2) is 53.1 Å². The fraction of sp³-hybridized carbons (Fsp3) is 0.250. The van der Waals surface area contributed by atoms with Crippen LogP contribution in [0.2, 0.25) is 5.02 Å². The summed E-state index contributed by atoms with van der Waals surface area (Å²) in [6.07, 6.45) is 0. The third-order valence-electron chi connectivity index (χ3n) is 3.88. The van der Waals surface area contributed by atoms with Crippen LogP contribution >= 0.6 is 11.6 Å². The van der Waals surface area contributed by atoms with Crippen molar-refractivity contribution in [1.29, 1.82) is 0 Å². The van der Waals surface area contributed by atoms with Crippen molar-refractivity contribution in [3.8, 4) is 17.2 Å². The number of carbonyl (C=O) groups is 1. The molecule has 146 valence electrons. The van der Waals surface area contributed by atoms with Crippen LogP contribution in [0.3, 0.4) is 0 Å². The number of hydrogen-bond acceptors (Lipinski definition) is 5. The standard InChI is InChI=1S/C20H21ClN4O3/c1-13(2)22-20(26)25(3)14-8-10-15(11-9-14)27-12-18-23-19(28-24-18)16-6-4-5-7-17(16)21/h4-11,13H,12H2,1-3H3,(H,22,26). The van der Waals surface area contributed by atoms with Gasteiger partial charge in [-0.25, -0.2) is 4.79 Å². The first-order chi connectivity index (χ1) is 13.4. The van der Waals surface area contributed by atoms with E-state index in [1.807, 2.05) is 32.0 Å². The number of aromatic nitrogens is 2. The van der Waals surface area contributed by atoms with Gasteiger partial charge < -0.3 is 14.6 Å². The second-order valence-electron chi connectivity index (χ2n) is 6.44. The van der Waals surface area contributed by atoms with Crippen LogP contribution in [0.4, 0.5) is 10.5 Å². The van der Waals surface area contributed by atoms with Gasteiger partial charge in [0.1, 0.15) is 5.75 Å². The summed E-state index contributed by atoms with van der Waals surface area (Å²) in [4.78, 5) is 17.9. The monoisotopic (exact) mass is 400 g/mol. The molecule has 0 bridgehead atoms. The molecule has 0 aliphatic heterocycles. The highest BCUT2D eigenvalue weighted by Gasteiger charge is 2.13. The molecular weight excluding hydrogens is 380 g/mol. The smallest absolute Gasteiger partial charge is 0.321 e. The maximum absolute atomic E-state index is 12.0. The minimum atomic E-state index is -0.164. The molecule has 0 saturated carbocycles. The lowest BCUT2D eigenvalue weighted by molar-refractivity contribution is 0.245. The summed E-state index contributed by atoms with van der Waals surface area (Å²) < 4.78 is 10.9. The van der Waals surface area contributed by atoms with Crippen LogP contribution < -0.4 is 15.0 Å². The molecule has 8 heteroatoms. The number of hydrogen-bond donors (Lipinski definition) is 1. The van der Waals surface area contributed by atoms with Gasteiger partial charge in [0.2, 0.25) is 5.82 Å². The van der Waals surface area contributed by atoms with E-state index in [9.17, 15) is 4.79 Å². The molecule has 0 atom stereocenters. The van der Waals surface area contributed by atoms with Gasteiger partial charge in [-0.2, -0.15) is 4.98 Å². The molecule has 1 N–H and O–H groups in total. The van der Waals surface area contributed by atoms with E-state index in [4.69, 9.17) is 20.9 Å². The van der Waals surface area contributed by atoms with Gasteiger partial charge in [0.25, 0.3) is 5.89 Å². The summed E-state index contributed by atoms with van der Waals surface area (Å²) in [5, 5.41) is 7.30. The lowest BCUT2D eigenvalue weighted by atomic mass is 10.2. The minimum absolute atomic E-state index is 0.0724. The first-order valence-electron chi connectivity index (χ1n) is 8.78. The first kappa shape index (κ1) is 19.7. The van der Waals surface area contributed by atoms with E-state index in [0.29, 0.717) is 28.1 Å². The second-order valence-corrected chi connectivity index (χ2v) is 6.85. The lowest BCUT2D eigenvalue weighted by Crippen LogP contribution is -2.40. The Kier molecular flexibility index (Phi) is 6.16. The Balaban J connectivity index is 1.60. The minimum Gasteiger partial charge on any atom is -0.485 e. The fourth-order valence-corrected chi connectivity index (χ4v) is 2.65. The Morgan fingerprint density at radius 3 is 2.61 bits per heavy atom. The molecule has 2 aromatic carbocycles. The number of nitrogens with one attached hydrogen (secondary N) is 1. The maximum Gasteiger partial charge on any atom is 0.321 e. The number of amides is 2. The zero-order chi connectivity index (χ0) is 20.1. The van der Waals surface area contributed by atoms with Crippen molar-refractivity contribution in [3.63, 3.8) is 0 Å². The van der Waals surface area contributed by atoms with E-state index in [2.05, 4.69) is 15.5 Å². The van der Waals surface area contributed by atoms with Gasteiger partial charge in [-0.15, -0.1) is 0 Å². The molecule has 7 nitrogen and oxygen atoms in total. The van der Waals surface area contributed by atoms with E-state index in [-0.39, 0.29) is 18.7 Å². The number of benzene rings is 2. The number of carbonyl (C=O) groups excluding carboxylic acids is 1. The third-order valence-corrected chi connectivity index (χ3v) is 4.21. The quantitative estimate of drug-likeness (QED) is 0.657. The first-order valence-corrected chi connectivity index (χ1v) is 9.16. The zero-order valence-electron chi connectivity index (χ0n) is 15.8. The van der Waals surface area contributed by atoms with Crippen molar-refractivity contribution >= 4 is 23.3 Å². The number of rotatable bonds is 6.